The minimum atomic E-state index is -0.186. The van der Waals surface area contributed by atoms with Gasteiger partial charge in [0.05, 0.1) is 18.8 Å². The number of aryl methyl sites for hydroxylation is 2. The number of fused-ring (bicyclic) bond motifs is 1. The van der Waals surface area contributed by atoms with Crippen LogP contribution in [0.1, 0.15) is 39.7 Å². The summed E-state index contributed by atoms with van der Waals surface area (Å²) in [5.74, 6) is -0.336. The Morgan fingerprint density at radius 3 is 3.10 bits per heavy atom. The Morgan fingerprint density at radius 1 is 1.52 bits per heavy atom. The fraction of sp³-hybridized carbons (Fsp3) is 0.500. The lowest BCUT2D eigenvalue weighted by atomic mass is 10.1. The summed E-state index contributed by atoms with van der Waals surface area (Å²) in [6.45, 7) is 4.97. The summed E-state index contributed by atoms with van der Waals surface area (Å²) < 4.78 is 5.12. The maximum absolute atomic E-state index is 11.9. The zero-order valence-electron chi connectivity index (χ0n) is 12.0. The summed E-state index contributed by atoms with van der Waals surface area (Å²) in [6, 6.07) is 0. The van der Waals surface area contributed by atoms with E-state index in [1.807, 2.05) is 20.0 Å². The number of nitrogens with one attached hydrogen (secondary N) is 1. The fourth-order valence-corrected chi connectivity index (χ4v) is 4.17. The molecule has 1 aliphatic carbocycles. The number of hydrogen-bond donors (Lipinski definition) is 1. The summed E-state index contributed by atoms with van der Waals surface area (Å²) >= 11 is 3.31. The zero-order chi connectivity index (χ0) is 14.8. The number of rotatable bonds is 5. The SMILES string of the molecule is CCOC(=O)C1CCc2sc(NCc3ncc(C)s3)nc21. The van der Waals surface area contributed by atoms with Gasteiger partial charge >= 0.3 is 5.97 Å². The van der Waals surface area contributed by atoms with Gasteiger partial charge in [0.25, 0.3) is 0 Å². The lowest BCUT2D eigenvalue weighted by Gasteiger charge is -2.07. The molecule has 2 aromatic rings. The van der Waals surface area contributed by atoms with Gasteiger partial charge in [-0.2, -0.15) is 0 Å². The zero-order valence-corrected chi connectivity index (χ0v) is 13.6. The Balaban J connectivity index is 1.67. The first-order valence-electron chi connectivity index (χ1n) is 6.98. The summed E-state index contributed by atoms with van der Waals surface area (Å²) in [5.41, 5.74) is 0.899. The average Bonchev–Trinajstić information content (AvgIpc) is 3.11. The molecule has 2 aromatic heterocycles. The first-order chi connectivity index (χ1) is 10.2. The summed E-state index contributed by atoms with van der Waals surface area (Å²) in [4.78, 5) is 23.2. The van der Waals surface area contributed by atoms with Gasteiger partial charge < -0.3 is 10.1 Å². The second-order valence-electron chi connectivity index (χ2n) is 4.89. The molecule has 1 N–H and O–H groups in total. The van der Waals surface area contributed by atoms with E-state index in [1.165, 1.54) is 9.75 Å². The number of aromatic nitrogens is 2. The highest BCUT2D eigenvalue weighted by Gasteiger charge is 2.33. The monoisotopic (exact) mass is 323 g/mol. The highest BCUT2D eigenvalue weighted by Crippen LogP contribution is 2.39. The van der Waals surface area contributed by atoms with Gasteiger partial charge in [0, 0.05) is 16.0 Å². The molecule has 3 rings (SSSR count). The number of carbonyl (C=O) groups excluding carboxylic acids is 1. The predicted molar refractivity (Wildman–Crippen MR) is 84.0 cm³/mol. The fourth-order valence-electron chi connectivity index (χ4n) is 2.41. The van der Waals surface area contributed by atoms with Crippen molar-refractivity contribution in [1.29, 1.82) is 0 Å². The van der Waals surface area contributed by atoms with Crippen molar-refractivity contribution in [3.05, 3.63) is 26.7 Å². The van der Waals surface area contributed by atoms with Gasteiger partial charge in [-0.15, -0.1) is 22.7 Å². The number of ether oxygens (including phenoxy) is 1. The number of hydrogen-bond acceptors (Lipinski definition) is 7. The summed E-state index contributed by atoms with van der Waals surface area (Å²) in [5, 5.41) is 5.21. The maximum Gasteiger partial charge on any atom is 0.315 e. The van der Waals surface area contributed by atoms with Crippen LogP contribution in [0.4, 0.5) is 5.13 Å². The molecule has 0 bridgehead atoms. The molecular weight excluding hydrogens is 306 g/mol. The Morgan fingerprint density at radius 2 is 2.38 bits per heavy atom. The van der Waals surface area contributed by atoms with Gasteiger partial charge in [0.2, 0.25) is 0 Å². The van der Waals surface area contributed by atoms with Crippen LogP contribution < -0.4 is 5.32 Å². The largest absolute Gasteiger partial charge is 0.465 e. The van der Waals surface area contributed by atoms with E-state index in [0.717, 1.165) is 28.7 Å². The molecule has 112 valence electrons. The van der Waals surface area contributed by atoms with Crippen molar-refractivity contribution >= 4 is 33.8 Å². The molecule has 0 fully saturated rings. The number of nitrogens with zero attached hydrogens (tertiary/aromatic N) is 2. The van der Waals surface area contributed by atoms with Gasteiger partial charge in [-0.3, -0.25) is 4.79 Å². The maximum atomic E-state index is 11.9. The van der Waals surface area contributed by atoms with Crippen LogP contribution in [0, 0.1) is 6.92 Å². The Labute approximate surface area is 131 Å². The third-order valence-corrected chi connectivity index (χ3v) is 5.35. The molecule has 0 radical (unpaired) electrons. The number of thiazole rings is 2. The molecular formula is C14H17N3O2S2. The quantitative estimate of drug-likeness (QED) is 0.857. The van der Waals surface area contributed by atoms with Gasteiger partial charge in [-0.05, 0) is 26.7 Å². The standard InChI is InChI=1S/C14H17N3O2S2/c1-3-19-13(18)9-4-5-10-12(9)17-14(21-10)16-7-11-15-6-8(2)20-11/h6,9H,3-5,7H2,1-2H3,(H,16,17). The molecule has 7 heteroatoms. The van der Waals surface area contributed by atoms with Crippen molar-refractivity contribution in [2.75, 3.05) is 11.9 Å². The van der Waals surface area contributed by atoms with Crippen LogP contribution in [-0.4, -0.2) is 22.5 Å². The van der Waals surface area contributed by atoms with Crippen molar-refractivity contribution in [2.45, 2.75) is 39.2 Å². The van der Waals surface area contributed by atoms with Crippen LogP contribution in [0.5, 0.6) is 0 Å². The van der Waals surface area contributed by atoms with Crippen molar-refractivity contribution in [1.82, 2.24) is 9.97 Å². The molecule has 5 nitrogen and oxygen atoms in total. The van der Waals surface area contributed by atoms with Crippen LogP contribution in [0.3, 0.4) is 0 Å². The van der Waals surface area contributed by atoms with Crippen LogP contribution >= 0.6 is 22.7 Å². The molecule has 0 aromatic carbocycles. The second-order valence-corrected chi connectivity index (χ2v) is 7.29. The predicted octanol–water partition coefficient (Wildman–Crippen LogP) is 3.11. The lowest BCUT2D eigenvalue weighted by Crippen LogP contribution is -2.14. The Hall–Kier alpha value is -1.47. The third kappa shape index (κ3) is 3.08. The highest BCUT2D eigenvalue weighted by molar-refractivity contribution is 7.15. The normalized spacial score (nSPS) is 16.8. The molecule has 1 aliphatic rings. The van der Waals surface area contributed by atoms with Crippen LogP contribution in [0.2, 0.25) is 0 Å². The molecule has 0 saturated heterocycles. The van der Waals surface area contributed by atoms with E-state index in [1.54, 1.807) is 22.7 Å². The van der Waals surface area contributed by atoms with Gasteiger partial charge in [0.1, 0.15) is 10.9 Å². The van der Waals surface area contributed by atoms with E-state index in [-0.39, 0.29) is 11.9 Å². The van der Waals surface area contributed by atoms with Crippen molar-refractivity contribution < 1.29 is 9.53 Å². The van der Waals surface area contributed by atoms with E-state index >= 15 is 0 Å². The Kier molecular flexibility index (Phi) is 4.21. The highest BCUT2D eigenvalue weighted by atomic mass is 32.1. The number of esters is 1. The van der Waals surface area contributed by atoms with Crippen LogP contribution in [-0.2, 0) is 22.5 Å². The van der Waals surface area contributed by atoms with Gasteiger partial charge in [-0.25, -0.2) is 9.97 Å². The molecule has 0 aliphatic heterocycles. The molecule has 0 saturated carbocycles. The first-order valence-corrected chi connectivity index (χ1v) is 8.62. The third-order valence-electron chi connectivity index (χ3n) is 3.35. The Bertz CT molecular complexity index is 650. The van der Waals surface area contributed by atoms with Crippen molar-refractivity contribution in [3.63, 3.8) is 0 Å². The first kappa shape index (κ1) is 14.5. The lowest BCUT2D eigenvalue weighted by molar-refractivity contribution is -0.145. The van der Waals surface area contributed by atoms with Gasteiger partial charge in [-0.1, -0.05) is 0 Å². The van der Waals surface area contributed by atoms with E-state index in [0.29, 0.717) is 13.2 Å². The number of anilines is 1. The smallest absolute Gasteiger partial charge is 0.315 e. The minimum absolute atomic E-state index is 0.149. The molecule has 1 atom stereocenters. The van der Waals surface area contributed by atoms with E-state index in [4.69, 9.17) is 4.74 Å². The topological polar surface area (TPSA) is 64.1 Å². The van der Waals surface area contributed by atoms with E-state index < -0.39 is 0 Å². The van der Waals surface area contributed by atoms with E-state index in [9.17, 15) is 4.79 Å². The number of carbonyl (C=O) groups is 1. The molecule has 0 spiro atoms. The van der Waals surface area contributed by atoms with E-state index in [2.05, 4.69) is 15.3 Å². The minimum Gasteiger partial charge on any atom is -0.465 e. The summed E-state index contributed by atoms with van der Waals surface area (Å²) in [7, 11) is 0. The van der Waals surface area contributed by atoms with Gasteiger partial charge in [0.15, 0.2) is 5.13 Å². The van der Waals surface area contributed by atoms with Crippen molar-refractivity contribution in [2.24, 2.45) is 0 Å². The molecule has 21 heavy (non-hydrogen) atoms. The summed E-state index contributed by atoms with van der Waals surface area (Å²) in [6.07, 6.45) is 3.60. The van der Waals surface area contributed by atoms with Crippen molar-refractivity contribution in [3.8, 4) is 0 Å². The van der Waals surface area contributed by atoms with Crippen LogP contribution in [0.25, 0.3) is 0 Å². The van der Waals surface area contributed by atoms with Crippen LogP contribution in [0.15, 0.2) is 6.20 Å². The molecule has 1 unspecified atom stereocenters. The molecule has 2 heterocycles. The average molecular weight is 323 g/mol. The second kappa shape index (κ2) is 6.11. The molecule has 0 amide bonds.